The topological polar surface area (TPSA) is 22.1 Å². The van der Waals surface area contributed by atoms with E-state index in [2.05, 4.69) is 26.4 Å². The standard InChI is InChI=1S/C11H9BrNOS/c1-2-14-8-3-4-10(12)9(5-8)11-6-15-7-13-11/h3-6H,2H2,1H3. The van der Waals surface area contributed by atoms with Crippen LogP contribution in [-0.2, 0) is 0 Å². The van der Waals surface area contributed by atoms with Gasteiger partial charge in [0.1, 0.15) is 5.75 Å². The third kappa shape index (κ3) is 2.38. The zero-order chi connectivity index (χ0) is 10.7. The normalized spacial score (nSPS) is 10.3. The van der Waals surface area contributed by atoms with E-state index in [1.165, 1.54) is 11.3 Å². The molecule has 1 aromatic carbocycles. The van der Waals surface area contributed by atoms with Crippen molar-refractivity contribution in [2.24, 2.45) is 0 Å². The molecule has 4 heteroatoms. The van der Waals surface area contributed by atoms with Crippen LogP contribution in [0.5, 0.6) is 5.75 Å². The number of nitrogens with zero attached hydrogens (tertiary/aromatic N) is 1. The molecule has 0 aliphatic carbocycles. The van der Waals surface area contributed by atoms with E-state index in [9.17, 15) is 0 Å². The molecule has 2 nitrogen and oxygen atoms in total. The summed E-state index contributed by atoms with van der Waals surface area (Å²) < 4.78 is 6.46. The van der Waals surface area contributed by atoms with Crippen molar-refractivity contribution in [3.8, 4) is 17.0 Å². The smallest absolute Gasteiger partial charge is 0.152 e. The first-order chi connectivity index (χ1) is 7.31. The number of rotatable bonds is 3. The third-order valence-electron chi connectivity index (χ3n) is 1.91. The Labute approximate surface area is 101 Å². The van der Waals surface area contributed by atoms with Gasteiger partial charge in [-0.05, 0) is 25.1 Å². The van der Waals surface area contributed by atoms with E-state index in [4.69, 9.17) is 4.74 Å². The molecule has 1 radical (unpaired) electrons. The lowest BCUT2D eigenvalue weighted by Gasteiger charge is -2.06. The molecule has 0 N–H and O–H groups in total. The highest BCUT2D eigenvalue weighted by atomic mass is 79.9. The Kier molecular flexibility index (Phi) is 3.38. The molecular weight excluding hydrogens is 274 g/mol. The number of benzene rings is 1. The van der Waals surface area contributed by atoms with Crippen LogP contribution in [-0.4, -0.2) is 11.6 Å². The summed E-state index contributed by atoms with van der Waals surface area (Å²) in [5.74, 6) is 0.865. The summed E-state index contributed by atoms with van der Waals surface area (Å²) in [6.45, 7) is 2.64. The fourth-order valence-corrected chi connectivity index (χ4v) is 2.21. The van der Waals surface area contributed by atoms with Gasteiger partial charge in [-0.15, -0.1) is 11.3 Å². The highest BCUT2D eigenvalue weighted by Crippen LogP contribution is 2.31. The first kappa shape index (κ1) is 10.6. The van der Waals surface area contributed by atoms with Gasteiger partial charge in [0, 0.05) is 15.4 Å². The summed E-state index contributed by atoms with van der Waals surface area (Å²) in [6, 6.07) is 5.89. The lowest BCUT2D eigenvalue weighted by atomic mass is 10.2. The zero-order valence-corrected chi connectivity index (χ0v) is 10.6. The van der Waals surface area contributed by atoms with Crippen molar-refractivity contribution < 1.29 is 4.74 Å². The predicted molar refractivity (Wildman–Crippen MR) is 65.3 cm³/mol. The quantitative estimate of drug-likeness (QED) is 0.855. The Morgan fingerprint density at radius 2 is 2.40 bits per heavy atom. The molecule has 0 aliphatic rings. The van der Waals surface area contributed by atoms with Crippen LogP contribution in [0, 0.1) is 5.51 Å². The molecule has 1 heterocycles. The van der Waals surface area contributed by atoms with Crippen molar-refractivity contribution in [3.63, 3.8) is 0 Å². The second-order valence-corrected chi connectivity index (χ2v) is 4.41. The lowest BCUT2D eigenvalue weighted by Crippen LogP contribution is -1.91. The second-order valence-electron chi connectivity index (χ2n) is 2.90. The maximum absolute atomic E-state index is 5.44. The van der Waals surface area contributed by atoms with Crippen LogP contribution >= 0.6 is 27.3 Å². The molecule has 0 aliphatic heterocycles. The first-order valence-corrected chi connectivity index (χ1v) is 6.23. The van der Waals surface area contributed by atoms with Gasteiger partial charge in [0.05, 0.1) is 12.3 Å². The Bertz CT molecular complexity index is 442. The molecule has 0 saturated carbocycles. The van der Waals surface area contributed by atoms with Gasteiger partial charge in [0.15, 0.2) is 5.51 Å². The molecule has 1 aromatic heterocycles. The number of hydrogen-bond donors (Lipinski definition) is 0. The van der Waals surface area contributed by atoms with E-state index in [1.54, 1.807) is 0 Å². The van der Waals surface area contributed by atoms with Crippen LogP contribution in [0.3, 0.4) is 0 Å². The third-order valence-corrected chi connectivity index (χ3v) is 3.14. The Balaban J connectivity index is 2.41. The average Bonchev–Trinajstić information content (AvgIpc) is 2.74. The number of halogens is 1. The van der Waals surface area contributed by atoms with Crippen LogP contribution in [0.15, 0.2) is 28.1 Å². The molecule has 0 spiro atoms. The van der Waals surface area contributed by atoms with Crippen molar-refractivity contribution in [2.45, 2.75) is 6.92 Å². The molecular formula is C11H9BrNOS. The SMILES string of the molecule is CCOc1ccc(Br)c(-c2cs[c]n2)c1. The van der Waals surface area contributed by atoms with Crippen molar-refractivity contribution in [1.82, 2.24) is 4.98 Å². The van der Waals surface area contributed by atoms with E-state index < -0.39 is 0 Å². The highest BCUT2D eigenvalue weighted by Gasteiger charge is 2.06. The number of aromatic nitrogens is 1. The van der Waals surface area contributed by atoms with Gasteiger partial charge in [-0.3, -0.25) is 0 Å². The van der Waals surface area contributed by atoms with E-state index in [-0.39, 0.29) is 0 Å². The van der Waals surface area contributed by atoms with E-state index in [0.29, 0.717) is 6.61 Å². The fraction of sp³-hybridized carbons (Fsp3) is 0.182. The van der Waals surface area contributed by atoms with Crippen molar-refractivity contribution in [3.05, 3.63) is 33.6 Å². The average molecular weight is 283 g/mol. The zero-order valence-electron chi connectivity index (χ0n) is 8.16. The lowest BCUT2D eigenvalue weighted by molar-refractivity contribution is 0.340. The van der Waals surface area contributed by atoms with E-state index in [1.807, 2.05) is 30.5 Å². The molecule has 2 rings (SSSR count). The van der Waals surface area contributed by atoms with Gasteiger partial charge in [-0.1, -0.05) is 15.9 Å². The first-order valence-electron chi connectivity index (χ1n) is 4.55. The minimum atomic E-state index is 0.671. The Morgan fingerprint density at radius 1 is 1.53 bits per heavy atom. The van der Waals surface area contributed by atoms with Crippen molar-refractivity contribution in [2.75, 3.05) is 6.61 Å². The monoisotopic (exact) mass is 282 g/mol. The summed E-state index contributed by atoms with van der Waals surface area (Å²) in [5.41, 5.74) is 4.80. The Hall–Kier alpha value is -0.870. The summed E-state index contributed by atoms with van der Waals surface area (Å²) >= 11 is 4.96. The van der Waals surface area contributed by atoms with Gasteiger partial charge in [-0.25, -0.2) is 4.98 Å². The second kappa shape index (κ2) is 4.77. The summed E-state index contributed by atoms with van der Waals surface area (Å²) in [7, 11) is 0. The summed E-state index contributed by atoms with van der Waals surface area (Å²) in [5, 5.41) is 1.97. The van der Waals surface area contributed by atoms with Crippen LogP contribution in [0.2, 0.25) is 0 Å². The molecule has 77 valence electrons. The molecule has 0 saturated heterocycles. The minimum Gasteiger partial charge on any atom is -0.494 e. The number of thiazole rings is 1. The minimum absolute atomic E-state index is 0.671. The van der Waals surface area contributed by atoms with Crippen LogP contribution in [0.1, 0.15) is 6.92 Å². The van der Waals surface area contributed by atoms with Crippen LogP contribution in [0.4, 0.5) is 0 Å². The molecule has 0 unspecified atom stereocenters. The maximum atomic E-state index is 5.44. The number of hydrogen-bond acceptors (Lipinski definition) is 3. The van der Waals surface area contributed by atoms with Gasteiger partial charge >= 0.3 is 0 Å². The summed E-state index contributed by atoms with van der Waals surface area (Å²) in [6.07, 6.45) is 0. The fourth-order valence-electron chi connectivity index (χ4n) is 1.26. The van der Waals surface area contributed by atoms with Crippen molar-refractivity contribution >= 4 is 27.3 Å². The molecule has 2 aromatic rings. The van der Waals surface area contributed by atoms with Crippen LogP contribution < -0.4 is 4.74 Å². The molecule has 0 amide bonds. The summed E-state index contributed by atoms with van der Waals surface area (Å²) in [4.78, 5) is 4.16. The van der Waals surface area contributed by atoms with Crippen LogP contribution in [0.25, 0.3) is 11.3 Å². The van der Waals surface area contributed by atoms with Gasteiger partial charge in [0.25, 0.3) is 0 Å². The maximum Gasteiger partial charge on any atom is 0.152 e. The molecule has 0 atom stereocenters. The molecule has 0 fully saturated rings. The predicted octanol–water partition coefficient (Wildman–Crippen LogP) is 3.77. The molecule has 15 heavy (non-hydrogen) atoms. The van der Waals surface area contributed by atoms with Gasteiger partial charge < -0.3 is 4.74 Å². The molecule has 0 bridgehead atoms. The largest absolute Gasteiger partial charge is 0.494 e. The highest BCUT2D eigenvalue weighted by molar-refractivity contribution is 9.10. The van der Waals surface area contributed by atoms with Gasteiger partial charge in [0.2, 0.25) is 0 Å². The van der Waals surface area contributed by atoms with Gasteiger partial charge in [-0.2, -0.15) is 0 Å². The number of ether oxygens (including phenoxy) is 1. The Morgan fingerprint density at radius 3 is 3.07 bits per heavy atom. The van der Waals surface area contributed by atoms with E-state index >= 15 is 0 Å². The van der Waals surface area contributed by atoms with Crippen molar-refractivity contribution in [1.29, 1.82) is 0 Å². The van der Waals surface area contributed by atoms with E-state index in [0.717, 1.165) is 21.5 Å².